The summed E-state index contributed by atoms with van der Waals surface area (Å²) in [5.41, 5.74) is 1.10. The van der Waals surface area contributed by atoms with Crippen LogP contribution in [0.25, 0.3) is 11.0 Å². The lowest BCUT2D eigenvalue weighted by atomic mass is 9.98. The summed E-state index contributed by atoms with van der Waals surface area (Å²) in [6.45, 7) is 7.62. The van der Waals surface area contributed by atoms with Crippen LogP contribution in [-0.4, -0.2) is 30.1 Å². The number of carbonyl (C=O) groups is 2. The smallest absolute Gasteiger partial charge is 0.350 e. The number of halogens is 1. The third-order valence-electron chi connectivity index (χ3n) is 5.85. The number of anilines is 1. The minimum Gasteiger partial charge on any atom is -0.494 e. The van der Waals surface area contributed by atoms with Crippen LogP contribution in [0.2, 0.25) is 5.02 Å². The number of aromatic nitrogens is 1. The van der Waals surface area contributed by atoms with E-state index in [0.717, 1.165) is 11.3 Å². The number of carbonyl (C=O) groups excluding carboxylic acids is 2. The monoisotopic (exact) mass is 536 g/mol. The molecule has 8 nitrogen and oxygen atoms in total. The van der Waals surface area contributed by atoms with Crippen molar-refractivity contribution >= 4 is 50.9 Å². The van der Waals surface area contributed by atoms with Crippen molar-refractivity contribution in [2.45, 2.75) is 19.9 Å². The number of nitrogens with zero attached hydrogens (tertiary/aromatic N) is 2. The summed E-state index contributed by atoms with van der Waals surface area (Å²) in [5.74, 6) is -0.542. The third-order valence-corrected chi connectivity index (χ3v) is 7.22. The molecule has 1 unspecified atom stereocenters. The minimum atomic E-state index is -0.847. The number of hydrogen-bond donors (Lipinski definition) is 0. The van der Waals surface area contributed by atoms with Gasteiger partial charge in [0.25, 0.3) is 5.91 Å². The minimum absolute atomic E-state index is 0.0436. The van der Waals surface area contributed by atoms with Crippen LogP contribution in [0, 0.1) is 6.92 Å². The van der Waals surface area contributed by atoms with Crippen molar-refractivity contribution in [3.05, 3.63) is 97.8 Å². The van der Waals surface area contributed by atoms with Crippen LogP contribution in [0.1, 0.15) is 50.0 Å². The van der Waals surface area contributed by atoms with Crippen LogP contribution >= 0.6 is 22.9 Å². The Morgan fingerprint density at radius 3 is 2.70 bits per heavy atom. The second-order valence-corrected chi connectivity index (χ2v) is 9.61. The van der Waals surface area contributed by atoms with E-state index in [2.05, 4.69) is 11.6 Å². The first-order valence-electron chi connectivity index (χ1n) is 11.4. The molecule has 1 aliphatic rings. The van der Waals surface area contributed by atoms with Gasteiger partial charge in [0.05, 0.1) is 29.3 Å². The highest BCUT2D eigenvalue weighted by atomic mass is 35.5. The van der Waals surface area contributed by atoms with E-state index >= 15 is 0 Å². The number of benzene rings is 2. The van der Waals surface area contributed by atoms with Crippen molar-refractivity contribution in [2.24, 2.45) is 0 Å². The van der Waals surface area contributed by atoms with Crippen LogP contribution in [0.5, 0.6) is 5.75 Å². The fourth-order valence-electron chi connectivity index (χ4n) is 4.25. The second kappa shape index (κ2) is 9.84. The Balaban J connectivity index is 1.70. The number of amides is 1. The molecule has 0 spiro atoms. The Bertz CT molecular complexity index is 1610. The molecular weight excluding hydrogens is 516 g/mol. The lowest BCUT2D eigenvalue weighted by molar-refractivity contribution is 0.0554. The van der Waals surface area contributed by atoms with Gasteiger partial charge in [-0.15, -0.1) is 0 Å². The average molecular weight is 537 g/mol. The van der Waals surface area contributed by atoms with E-state index in [4.69, 9.17) is 25.5 Å². The van der Waals surface area contributed by atoms with Crippen LogP contribution < -0.4 is 15.1 Å². The van der Waals surface area contributed by atoms with E-state index in [1.807, 2.05) is 6.92 Å². The van der Waals surface area contributed by atoms with E-state index in [0.29, 0.717) is 28.6 Å². The number of esters is 1. The molecule has 188 valence electrons. The highest BCUT2D eigenvalue weighted by Gasteiger charge is 2.45. The third kappa shape index (κ3) is 4.30. The van der Waals surface area contributed by atoms with E-state index in [9.17, 15) is 14.4 Å². The number of rotatable bonds is 7. The van der Waals surface area contributed by atoms with E-state index in [1.54, 1.807) is 43.3 Å². The van der Waals surface area contributed by atoms with E-state index in [1.165, 1.54) is 17.0 Å². The zero-order valence-corrected chi connectivity index (χ0v) is 21.5. The van der Waals surface area contributed by atoms with Gasteiger partial charge in [0.2, 0.25) is 5.76 Å². The quantitative estimate of drug-likeness (QED) is 0.220. The molecule has 2 aromatic carbocycles. The molecule has 5 rings (SSSR count). The molecule has 1 amide bonds. The molecule has 0 fully saturated rings. The molecule has 1 aliphatic heterocycles. The fraction of sp³-hybridized carbons (Fsp3) is 0.185. The molecular formula is C27H21ClN2O6S. The summed E-state index contributed by atoms with van der Waals surface area (Å²) in [7, 11) is 0. The first kappa shape index (κ1) is 24.7. The maximum absolute atomic E-state index is 13.8. The van der Waals surface area contributed by atoms with Crippen LogP contribution in [0.4, 0.5) is 5.13 Å². The van der Waals surface area contributed by atoms with Gasteiger partial charge >= 0.3 is 5.97 Å². The first-order valence-corrected chi connectivity index (χ1v) is 12.6. The Labute approximate surface area is 220 Å². The molecule has 0 aliphatic carbocycles. The van der Waals surface area contributed by atoms with Crippen molar-refractivity contribution < 1.29 is 23.5 Å². The van der Waals surface area contributed by atoms with Crippen LogP contribution in [0.15, 0.2) is 64.3 Å². The van der Waals surface area contributed by atoms with Crippen molar-refractivity contribution in [1.82, 2.24) is 4.98 Å². The highest BCUT2D eigenvalue weighted by molar-refractivity contribution is 7.17. The number of hydrogen-bond acceptors (Lipinski definition) is 8. The Morgan fingerprint density at radius 1 is 1.24 bits per heavy atom. The molecule has 4 aromatic rings. The Morgan fingerprint density at radius 2 is 2.00 bits per heavy atom. The van der Waals surface area contributed by atoms with Crippen molar-refractivity contribution in [2.75, 3.05) is 18.1 Å². The molecule has 0 saturated carbocycles. The molecule has 3 heterocycles. The number of ether oxygens (including phenoxy) is 2. The van der Waals surface area contributed by atoms with Crippen molar-refractivity contribution in [1.29, 1.82) is 0 Å². The fourth-order valence-corrected chi connectivity index (χ4v) is 5.41. The summed E-state index contributed by atoms with van der Waals surface area (Å²) in [6.07, 6.45) is 1.46. The van der Waals surface area contributed by atoms with Crippen molar-refractivity contribution in [3.8, 4) is 5.75 Å². The number of aryl methyl sites for hydroxylation is 1. The maximum Gasteiger partial charge on any atom is 0.350 e. The summed E-state index contributed by atoms with van der Waals surface area (Å²) in [4.78, 5) is 46.2. The summed E-state index contributed by atoms with van der Waals surface area (Å²) in [5, 5.41) is 0.873. The highest BCUT2D eigenvalue weighted by Crippen LogP contribution is 2.43. The first-order chi connectivity index (χ1) is 17.8. The molecule has 0 bridgehead atoms. The van der Waals surface area contributed by atoms with Crippen LogP contribution in [0.3, 0.4) is 0 Å². The predicted octanol–water partition coefficient (Wildman–Crippen LogP) is 5.70. The van der Waals surface area contributed by atoms with Gasteiger partial charge in [-0.05, 0) is 49.7 Å². The van der Waals surface area contributed by atoms with E-state index in [-0.39, 0.29) is 44.3 Å². The van der Waals surface area contributed by atoms with Gasteiger partial charge in [-0.2, -0.15) is 0 Å². The summed E-state index contributed by atoms with van der Waals surface area (Å²) >= 11 is 7.16. The molecule has 0 radical (unpaired) electrons. The largest absolute Gasteiger partial charge is 0.494 e. The topological polar surface area (TPSA) is 98.9 Å². The summed E-state index contributed by atoms with van der Waals surface area (Å²) < 4.78 is 16.7. The molecule has 10 heteroatoms. The Kier molecular flexibility index (Phi) is 6.57. The van der Waals surface area contributed by atoms with Gasteiger partial charge in [0.15, 0.2) is 10.6 Å². The lowest BCUT2D eigenvalue weighted by Gasteiger charge is -2.22. The molecule has 1 atom stereocenters. The van der Waals surface area contributed by atoms with Crippen LogP contribution in [-0.2, 0) is 4.74 Å². The second-order valence-electron chi connectivity index (χ2n) is 8.19. The summed E-state index contributed by atoms with van der Waals surface area (Å²) in [6, 6.07) is 10.9. The molecule has 0 N–H and O–H groups in total. The number of fused-ring (bicyclic) bond motifs is 2. The van der Waals surface area contributed by atoms with Gasteiger partial charge in [-0.1, -0.05) is 47.7 Å². The van der Waals surface area contributed by atoms with Gasteiger partial charge in [-0.25, -0.2) is 9.78 Å². The normalized spacial score (nSPS) is 14.6. The standard InChI is InChI=1S/C27H21ClN2O6S/c1-4-12-35-26(33)24-14(3)29-27(37-24)30-21(15-6-9-17(10-7-15)34-5-2)20-22(31)18-13-16(28)8-11-19(18)36-23(20)25(30)32/h4,6-11,13,21H,1,5,12H2,2-3H3. The maximum atomic E-state index is 13.8. The zero-order chi connectivity index (χ0) is 26.3. The average Bonchev–Trinajstić information content (AvgIpc) is 3.41. The van der Waals surface area contributed by atoms with E-state index < -0.39 is 17.9 Å². The number of thiazole rings is 1. The molecule has 0 saturated heterocycles. The lowest BCUT2D eigenvalue weighted by Crippen LogP contribution is -2.29. The SMILES string of the molecule is C=CCOC(=O)c1sc(N2C(=O)c3oc4ccc(Cl)cc4c(=O)c3C2c2ccc(OCC)cc2)nc1C. The van der Waals surface area contributed by atoms with Gasteiger partial charge in [0, 0.05) is 5.02 Å². The zero-order valence-electron chi connectivity index (χ0n) is 19.9. The molecule has 2 aromatic heterocycles. The Hall–Kier alpha value is -3.95. The predicted molar refractivity (Wildman–Crippen MR) is 141 cm³/mol. The van der Waals surface area contributed by atoms with Crippen molar-refractivity contribution in [3.63, 3.8) is 0 Å². The molecule has 37 heavy (non-hydrogen) atoms. The van der Waals surface area contributed by atoms with Gasteiger partial charge < -0.3 is 13.9 Å². The van der Waals surface area contributed by atoms with Gasteiger partial charge in [-0.3, -0.25) is 14.5 Å². The van der Waals surface area contributed by atoms with Gasteiger partial charge in [0.1, 0.15) is 22.8 Å².